The fourth-order valence-electron chi connectivity index (χ4n) is 2.70. The van der Waals surface area contributed by atoms with Crippen molar-refractivity contribution in [3.05, 3.63) is 21.7 Å². The molecule has 0 fully saturated rings. The second-order valence-electron chi connectivity index (χ2n) is 6.12. The van der Waals surface area contributed by atoms with E-state index in [0.717, 1.165) is 16.7 Å². The van der Waals surface area contributed by atoms with Gasteiger partial charge in [-0.3, -0.25) is 0 Å². The number of thiophene rings is 2. The maximum absolute atomic E-state index is 12.0. The number of hydrogen-bond acceptors (Lipinski definition) is 4. The number of carbonyl (C=O) groups excluding carboxylic acids is 1. The standard InChI is InChI=1S/C19H28O2S2/c1-2-3-4-5-6-7-8-9-10-11-12-21-19(20)17-13-16-14-22-15-18(16)23-17/h13-15H,2-12H2,1H3. The SMILES string of the molecule is CCCCCCCCCCCCOC(=O)c1cc2cscc2s1. The summed E-state index contributed by atoms with van der Waals surface area (Å²) in [6, 6.07) is 1.94. The molecule has 128 valence electrons. The van der Waals surface area contributed by atoms with Crippen LogP contribution in [0.2, 0.25) is 0 Å². The Morgan fingerprint density at radius 1 is 0.957 bits per heavy atom. The molecule has 2 nitrogen and oxygen atoms in total. The predicted molar refractivity (Wildman–Crippen MR) is 102 cm³/mol. The van der Waals surface area contributed by atoms with Crippen LogP contribution in [0.4, 0.5) is 0 Å². The second-order valence-corrected chi connectivity index (χ2v) is 7.95. The fraction of sp³-hybridized carbons (Fsp3) is 0.632. The quantitative estimate of drug-likeness (QED) is 0.302. The lowest BCUT2D eigenvalue weighted by atomic mass is 10.1. The second kappa shape index (κ2) is 10.8. The van der Waals surface area contributed by atoms with Gasteiger partial charge in [-0.1, -0.05) is 64.7 Å². The lowest BCUT2D eigenvalue weighted by Crippen LogP contribution is -2.04. The van der Waals surface area contributed by atoms with Crippen LogP contribution in [0, 0.1) is 0 Å². The van der Waals surface area contributed by atoms with E-state index in [1.54, 1.807) is 11.3 Å². The highest BCUT2D eigenvalue weighted by Gasteiger charge is 2.11. The van der Waals surface area contributed by atoms with Crippen molar-refractivity contribution in [3.8, 4) is 0 Å². The minimum atomic E-state index is -0.160. The number of esters is 1. The van der Waals surface area contributed by atoms with Crippen LogP contribution >= 0.6 is 22.7 Å². The van der Waals surface area contributed by atoms with Crippen LogP contribution in [-0.2, 0) is 4.74 Å². The topological polar surface area (TPSA) is 26.3 Å². The molecule has 0 aliphatic rings. The van der Waals surface area contributed by atoms with E-state index in [-0.39, 0.29) is 5.97 Å². The Kier molecular flexibility index (Phi) is 8.69. The van der Waals surface area contributed by atoms with E-state index < -0.39 is 0 Å². The molecule has 2 aromatic heterocycles. The van der Waals surface area contributed by atoms with Crippen molar-refractivity contribution in [1.29, 1.82) is 0 Å². The van der Waals surface area contributed by atoms with Gasteiger partial charge < -0.3 is 4.74 Å². The molecule has 2 rings (SSSR count). The van der Waals surface area contributed by atoms with Gasteiger partial charge >= 0.3 is 5.97 Å². The van der Waals surface area contributed by atoms with Gasteiger partial charge in [-0.05, 0) is 17.9 Å². The van der Waals surface area contributed by atoms with E-state index in [1.165, 1.54) is 73.8 Å². The molecule has 0 N–H and O–H groups in total. The van der Waals surface area contributed by atoms with Crippen LogP contribution < -0.4 is 0 Å². The minimum absolute atomic E-state index is 0.160. The molecule has 0 radical (unpaired) electrons. The number of ether oxygens (including phenoxy) is 1. The van der Waals surface area contributed by atoms with Gasteiger partial charge in [-0.15, -0.1) is 11.3 Å². The molecular formula is C19H28O2S2. The average Bonchev–Trinajstić information content (AvgIpc) is 3.14. The summed E-state index contributed by atoms with van der Waals surface area (Å²) < 4.78 is 6.56. The summed E-state index contributed by atoms with van der Waals surface area (Å²) in [6.45, 7) is 2.81. The lowest BCUT2D eigenvalue weighted by molar-refractivity contribution is 0.0503. The predicted octanol–water partition coefficient (Wildman–Crippen LogP) is 7.04. The van der Waals surface area contributed by atoms with Gasteiger partial charge in [0.25, 0.3) is 0 Å². The zero-order valence-corrected chi connectivity index (χ0v) is 15.8. The third-order valence-electron chi connectivity index (χ3n) is 4.09. The van der Waals surface area contributed by atoms with E-state index in [9.17, 15) is 4.79 Å². The van der Waals surface area contributed by atoms with Crippen molar-refractivity contribution in [1.82, 2.24) is 0 Å². The molecule has 0 amide bonds. The van der Waals surface area contributed by atoms with Gasteiger partial charge in [0.2, 0.25) is 0 Å². The maximum Gasteiger partial charge on any atom is 0.348 e. The van der Waals surface area contributed by atoms with Gasteiger partial charge in [-0.25, -0.2) is 4.79 Å². The largest absolute Gasteiger partial charge is 0.462 e. The van der Waals surface area contributed by atoms with Crippen LogP contribution in [0.25, 0.3) is 10.1 Å². The third kappa shape index (κ3) is 6.64. The fourth-order valence-corrected chi connectivity index (χ4v) is 4.60. The zero-order valence-electron chi connectivity index (χ0n) is 14.1. The Labute approximate surface area is 147 Å². The highest BCUT2D eigenvalue weighted by atomic mass is 32.1. The summed E-state index contributed by atoms with van der Waals surface area (Å²) in [5.41, 5.74) is 0. The van der Waals surface area contributed by atoms with Gasteiger partial charge in [0.05, 0.1) is 6.61 Å². The number of hydrogen-bond donors (Lipinski definition) is 0. The summed E-state index contributed by atoms with van der Waals surface area (Å²) in [4.78, 5) is 12.7. The van der Waals surface area contributed by atoms with E-state index in [2.05, 4.69) is 17.7 Å². The van der Waals surface area contributed by atoms with E-state index in [4.69, 9.17) is 4.74 Å². The minimum Gasteiger partial charge on any atom is -0.462 e. The Balaban J connectivity index is 1.46. The number of rotatable bonds is 12. The molecule has 0 aliphatic carbocycles. The van der Waals surface area contributed by atoms with E-state index in [0.29, 0.717) is 6.61 Å². The molecule has 4 heteroatoms. The van der Waals surface area contributed by atoms with Crippen molar-refractivity contribution in [2.75, 3.05) is 6.61 Å². The van der Waals surface area contributed by atoms with Crippen LogP contribution in [0.15, 0.2) is 16.8 Å². The highest BCUT2D eigenvalue weighted by molar-refractivity contribution is 7.23. The molecule has 2 heterocycles. The van der Waals surface area contributed by atoms with Crippen LogP contribution in [0.3, 0.4) is 0 Å². The molecule has 0 saturated heterocycles. The third-order valence-corrected chi connectivity index (χ3v) is 6.08. The molecular weight excluding hydrogens is 324 g/mol. The first kappa shape index (κ1) is 18.5. The van der Waals surface area contributed by atoms with Crippen LogP contribution in [-0.4, -0.2) is 12.6 Å². The summed E-state index contributed by atoms with van der Waals surface area (Å²) in [7, 11) is 0. The molecule has 2 aromatic rings. The van der Waals surface area contributed by atoms with Crippen LogP contribution in [0.5, 0.6) is 0 Å². The number of unbranched alkanes of at least 4 members (excludes halogenated alkanes) is 9. The van der Waals surface area contributed by atoms with E-state index >= 15 is 0 Å². The first-order valence-corrected chi connectivity index (χ1v) is 10.7. The zero-order chi connectivity index (χ0) is 16.3. The average molecular weight is 353 g/mol. The van der Waals surface area contributed by atoms with Crippen molar-refractivity contribution >= 4 is 38.7 Å². The monoisotopic (exact) mass is 352 g/mol. The first-order chi connectivity index (χ1) is 11.3. The molecule has 0 aromatic carbocycles. The van der Waals surface area contributed by atoms with Crippen molar-refractivity contribution in [2.45, 2.75) is 71.1 Å². The van der Waals surface area contributed by atoms with Gasteiger partial charge in [0, 0.05) is 15.5 Å². The lowest BCUT2D eigenvalue weighted by Gasteiger charge is -2.04. The molecule has 0 aliphatic heterocycles. The highest BCUT2D eigenvalue weighted by Crippen LogP contribution is 2.29. The van der Waals surface area contributed by atoms with Crippen LogP contribution in [0.1, 0.15) is 80.8 Å². The molecule has 0 saturated carbocycles. The molecule has 0 spiro atoms. The van der Waals surface area contributed by atoms with Gasteiger partial charge in [0.15, 0.2) is 0 Å². The maximum atomic E-state index is 12.0. The van der Waals surface area contributed by atoms with E-state index in [1.807, 2.05) is 6.07 Å². The Hall–Kier alpha value is -0.870. The van der Waals surface area contributed by atoms with Gasteiger partial charge in [-0.2, -0.15) is 11.3 Å². The molecule has 23 heavy (non-hydrogen) atoms. The Morgan fingerprint density at radius 2 is 1.61 bits per heavy atom. The number of carbonyl (C=O) groups is 1. The normalized spacial score (nSPS) is 11.2. The Morgan fingerprint density at radius 3 is 2.26 bits per heavy atom. The number of fused-ring (bicyclic) bond motifs is 1. The smallest absolute Gasteiger partial charge is 0.348 e. The summed E-state index contributed by atoms with van der Waals surface area (Å²) >= 11 is 3.21. The summed E-state index contributed by atoms with van der Waals surface area (Å²) in [6.07, 6.45) is 13.0. The Bertz CT molecular complexity index is 542. The summed E-state index contributed by atoms with van der Waals surface area (Å²) in [5.74, 6) is -0.160. The molecule has 0 atom stereocenters. The van der Waals surface area contributed by atoms with Crippen molar-refractivity contribution < 1.29 is 9.53 Å². The van der Waals surface area contributed by atoms with Crippen molar-refractivity contribution in [3.63, 3.8) is 0 Å². The van der Waals surface area contributed by atoms with Crippen molar-refractivity contribution in [2.24, 2.45) is 0 Å². The first-order valence-electron chi connectivity index (χ1n) is 8.94. The molecule has 0 unspecified atom stereocenters. The molecule has 0 bridgehead atoms. The summed E-state index contributed by atoms with van der Waals surface area (Å²) in [5, 5.41) is 5.31. The van der Waals surface area contributed by atoms with Gasteiger partial charge in [0.1, 0.15) is 4.88 Å².